The van der Waals surface area contributed by atoms with E-state index in [2.05, 4.69) is 5.32 Å². The Kier molecular flexibility index (Phi) is 7.01. The van der Waals surface area contributed by atoms with Crippen LogP contribution in [0.5, 0.6) is 5.75 Å². The molecule has 134 valence electrons. The number of rotatable bonds is 8. The smallest absolute Gasteiger partial charge is 0.224 e. The highest BCUT2D eigenvalue weighted by Gasteiger charge is 2.20. The number of amides is 2. The summed E-state index contributed by atoms with van der Waals surface area (Å²) in [6.07, 6.45) is 1.15. The lowest BCUT2D eigenvalue weighted by Gasteiger charge is -2.28. The molecule has 6 heteroatoms. The van der Waals surface area contributed by atoms with E-state index in [1.165, 1.54) is 12.1 Å². The van der Waals surface area contributed by atoms with Crippen LogP contribution in [0.15, 0.2) is 41.1 Å². The van der Waals surface area contributed by atoms with E-state index in [4.69, 9.17) is 0 Å². The van der Waals surface area contributed by atoms with Gasteiger partial charge in [0.05, 0.1) is 0 Å². The highest BCUT2D eigenvalue weighted by Crippen LogP contribution is 2.17. The van der Waals surface area contributed by atoms with E-state index in [1.54, 1.807) is 23.5 Å². The Labute approximate surface area is 152 Å². The number of benzene rings is 1. The molecule has 0 unspecified atom stereocenters. The van der Waals surface area contributed by atoms with Gasteiger partial charge in [-0.15, -0.1) is 0 Å². The van der Waals surface area contributed by atoms with Gasteiger partial charge in [-0.25, -0.2) is 0 Å². The summed E-state index contributed by atoms with van der Waals surface area (Å²) < 4.78 is 0. The normalized spacial score (nSPS) is 11.8. The lowest BCUT2D eigenvalue weighted by Crippen LogP contribution is -2.38. The monoisotopic (exact) mass is 360 g/mol. The second kappa shape index (κ2) is 9.22. The third kappa shape index (κ3) is 5.90. The molecule has 0 fully saturated rings. The van der Waals surface area contributed by atoms with Gasteiger partial charge in [0.15, 0.2) is 0 Å². The SMILES string of the molecule is CC[C@H](C)N(Cc1ccsc1)C(=O)CCC(=O)Nc1cccc(O)c1. The van der Waals surface area contributed by atoms with Crippen molar-refractivity contribution in [1.82, 2.24) is 4.90 Å². The van der Waals surface area contributed by atoms with E-state index >= 15 is 0 Å². The molecule has 2 rings (SSSR count). The molecule has 0 aliphatic rings. The van der Waals surface area contributed by atoms with E-state index in [0.717, 1.165) is 12.0 Å². The summed E-state index contributed by atoms with van der Waals surface area (Å²) in [7, 11) is 0. The van der Waals surface area contributed by atoms with E-state index in [9.17, 15) is 14.7 Å². The largest absolute Gasteiger partial charge is 0.508 e. The number of phenolic OH excluding ortho intramolecular Hbond substituents is 1. The number of nitrogens with one attached hydrogen (secondary N) is 1. The van der Waals surface area contributed by atoms with Crippen LogP contribution in [0.4, 0.5) is 5.69 Å². The molecule has 25 heavy (non-hydrogen) atoms. The number of thiophene rings is 1. The second-order valence-electron chi connectivity index (χ2n) is 6.01. The van der Waals surface area contributed by atoms with Gasteiger partial charge < -0.3 is 15.3 Å². The van der Waals surface area contributed by atoms with Crippen molar-refractivity contribution in [1.29, 1.82) is 0 Å². The van der Waals surface area contributed by atoms with E-state index in [1.807, 2.05) is 35.6 Å². The average Bonchev–Trinajstić information content (AvgIpc) is 3.10. The van der Waals surface area contributed by atoms with Crippen molar-refractivity contribution >= 4 is 28.8 Å². The van der Waals surface area contributed by atoms with Crippen LogP contribution in [0.25, 0.3) is 0 Å². The van der Waals surface area contributed by atoms with Gasteiger partial charge in [-0.3, -0.25) is 9.59 Å². The zero-order valence-electron chi connectivity index (χ0n) is 14.6. The molecule has 1 aromatic carbocycles. The number of aromatic hydroxyl groups is 1. The number of phenols is 1. The summed E-state index contributed by atoms with van der Waals surface area (Å²) in [4.78, 5) is 26.5. The molecule has 5 nitrogen and oxygen atoms in total. The van der Waals surface area contributed by atoms with Crippen molar-refractivity contribution in [2.45, 2.75) is 45.7 Å². The number of hydrogen-bond acceptors (Lipinski definition) is 4. The van der Waals surface area contributed by atoms with Crippen molar-refractivity contribution < 1.29 is 14.7 Å². The average molecular weight is 360 g/mol. The second-order valence-corrected chi connectivity index (χ2v) is 6.79. The van der Waals surface area contributed by atoms with Crippen molar-refractivity contribution in [3.05, 3.63) is 46.7 Å². The van der Waals surface area contributed by atoms with E-state index in [0.29, 0.717) is 12.2 Å². The van der Waals surface area contributed by atoms with Gasteiger partial charge in [0.25, 0.3) is 0 Å². The molecule has 0 saturated carbocycles. The van der Waals surface area contributed by atoms with Crippen LogP contribution in [0.2, 0.25) is 0 Å². The molecule has 0 saturated heterocycles. The first-order valence-corrected chi connectivity index (χ1v) is 9.33. The Balaban J connectivity index is 1.90. The first-order chi connectivity index (χ1) is 12.0. The van der Waals surface area contributed by atoms with Crippen LogP contribution < -0.4 is 5.32 Å². The summed E-state index contributed by atoms with van der Waals surface area (Å²) in [6.45, 7) is 4.65. The van der Waals surface area contributed by atoms with Crippen LogP contribution in [0.1, 0.15) is 38.7 Å². The maximum absolute atomic E-state index is 12.6. The molecule has 2 aromatic rings. The summed E-state index contributed by atoms with van der Waals surface area (Å²) >= 11 is 1.61. The third-order valence-corrected chi connectivity index (χ3v) is 4.80. The molecule has 0 bridgehead atoms. The molecule has 1 heterocycles. The predicted octanol–water partition coefficient (Wildman–Crippen LogP) is 4.00. The maximum atomic E-state index is 12.6. The van der Waals surface area contributed by atoms with Gasteiger partial charge in [-0.1, -0.05) is 13.0 Å². The standard InChI is InChI=1S/C19H24N2O3S/c1-3-14(2)21(12-15-9-10-25-13-15)19(24)8-7-18(23)20-16-5-4-6-17(22)11-16/h4-6,9-11,13-14,22H,3,7-8,12H2,1-2H3,(H,20,23)/t14-/m0/s1. The Morgan fingerprint density at radius 1 is 1.28 bits per heavy atom. The maximum Gasteiger partial charge on any atom is 0.224 e. The van der Waals surface area contributed by atoms with Gasteiger partial charge in [0.1, 0.15) is 5.75 Å². The number of hydrogen-bond donors (Lipinski definition) is 2. The zero-order chi connectivity index (χ0) is 18.2. The molecule has 0 aliphatic carbocycles. The first-order valence-electron chi connectivity index (χ1n) is 8.39. The van der Waals surface area contributed by atoms with Crippen LogP contribution >= 0.6 is 11.3 Å². The van der Waals surface area contributed by atoms with Gasteiger partial charge in [0.2, 0.25) is 11.8 Å². The lowest BCUT2D eigenvalue weighted by atomic mass is 10.1. The van der Waals surface area contributed by atoms with E-state index in [-0.39, 0.29) is 36.4 Å². The lowest BCUT2D eigenvalue weighted by molar-refractivity contribution is -0.135. The number of carbonyl (C=O) groups excluding carboxylic acids is 2. The fraction of sp³-hybridized carbons (Fsp3) is 0.368. The molecule has 0 aliphatic heterocycles. The topological polar surface area (TPSA) is 69.6 Å². The minimum atomic E-state index is -0.237. The minimum Gasteiger partial charge on any atom is -0.508 e. The molecule has 2 amide bonds. The summed E-state index contributed by atoms with van der Waals surface area (Å²) in [6, 6.07) is 8.50. The molecule has 1 atom stereocenters. The summed E-state index contributed by atoms with van der Waals surface area (Å²) in [5.74, 6) is -0.169. The molecular weight excluding hydrogens is 336 g/mol. The quantitative estimate of drug-likeness (QED) is 0.747. The van der Waals surface area contributed by atoms with Gasteiger partial charge in [-0.2, -0.15) is 11.3 Å². The van der Waals surface area contributed by atoms with Gasteiger partial charge >= 0.3 is 0 Å². The molecule has 0 radical (unpaired) electrons. The van der Waals surface area contributed by atoms with Crippen molar-refractivity contribution in [3.63, 3.8) is 0 Å². The van der Waals surface area contributed by atoms with Crippen LogP contribution in [-0.4, -0.2) is 27.9 Å². The Morgan fingerprint density at radius 2 is 2.08 bits per heavy atom. The summed E-state index contributed by atoms with van der Waals surface area (Å²) in [5, 5.41) is 16.2. The van der Waals surface area contributed by atoms with Gasteiger partial charge in [0, 0.05) is 37.2 Å². The Hall–Kier alpha value is -2.34. The van der Waals surface area contributed by atoms with Crippen molar-refractivity contribution in [2.24, 2.45) is 0 Å². The zero-order valence-corrected chi connectivity index (χ0v) is 15.4. The highest BCUT2D eigenvalue weighted by atomic mass is 32.1. The van der Waals surface area contributed by atoms with Crippen LogP contribution in [-0.2, 0) is 16.1 Å². The van der Waals surface area contributed by atoms with Crippen LogP contribution in [0.3, 0.4) is 0 Å². The van der Waals surface area contributed by atoms with Gasteiger partial charge in [-0.05, 0) is 47.9 Å². The fourth-order valence-corrected chi connectivity index (χ4v) is 3.12. The van der Waals surface area contributed by atoms with E-state index < -0.39 is 0 Å². The Bertz CT molecular complexity index is 700. The number of nitrogens with zero attached hydrogens (tertiary/aromatic N) is 1. The molecule has 1 aromatic heterocycles. The first kappa shape index (κ1) is 19.0. The predicted molar refractivity (Wildman–Crippen MR) is 101 cm³/mol. The number of anilines is 1. The fourth-order valence-electron chi connectivity index (χ4n) is 2.46. The molecule has 2 N–H and O–H groups in total. The minimum absolute atomic E-state index is 0.0217. The number of carbonyl (C=O) groups is 2. The van der Waals surface area contributed by atoms with Crippen molar-refractivity contribution in [3.8, 4) is 5.75 Å². The summed E-state index contributed by atoms with van der Waals surface area (Å²) in [5.41, 5.74) is 1.64. The van der Waals surface area contributed by atoms with Crippen molar-refractivity contribution in [2.75, 3.05) is 5.32 Å². The Morgan fingerprint density at radius 3 is 2.72 bits per heavy atom. The highest BCUT2D eigenvalue weighted by molar-refractivity contribution is 7.07. The molecular formula is C19H24N2O3S. The molecule has 0 spiro atoms. The third-order valence-electron chi connectivity index (χ3n) is 4.07. The van der Waals surface area contributed by atoms with Crippen LogP contribution in [0, 0.1) is 0 Å².